The van der Waals surface area contributed by atoms with Crippen LogP contribution in [0.2, 0.25) is 0 Å². The summed E-state index contributed by atoms with van der Waals surface area (Å²) in [4.78, 5) is 2.54. The molecule has 122 valence electrons. The van der Waals surface area contributed by atoms with E-state index in [1.54, 1.807) is 0 Å². The van der Waals surface area contributed by atoms with Gasteiger partial charge in [0.25, 0.3) is 0 Å². The van der Waals surface area contributed by atoms with E-state index >= 15 is 0 Å². The number of hydrogen-bond acceptors (Lipinski definition) is 2. The highest BCUT2D eigenvalue weighted by Gasteiger charge is 2.18. The van der Waals surface area contributed by atoms with Gasteiger partial charge in [0.2, 0.25) is 0 Å². The summed E-state index contributed by atoms with van der Waals surface area (Å²) < 4.78 is 0. The Kier molecular flexibility index (Phi) is 6.65. The standard InChI is InChI=1S/C18H29N3S/c1-4-11-21-12-9-17(10-13-21)20-18(22)19-16-7-5-15(6-8-16)14(2)3/h5-8,14,17H,4,9-13H2,1-3H3,(H2,19,20,22). The van der Waals surface area contributed by atoms with E-state index in [0.29, 0.717) is 12.0 Å². The minimum atomic E-state index is 0.503. The van der Waals surface area contributed by atoms with Crippen molar-refractivity contribution >= 4 is 23.0 Å². The molecule has 0 aliphatic carbocycles. The van der Waals surface area contributed by atoms with Crippen molar-refractivity contribution in [2.24, 2.45) is 0 Å². The van der Waals surface area contributed by atoms with Crippen LogP contribution in [0, 0.1) is 0 Å². The molecule has 1 heterocycles. The molecule has 1 saturated heterocycles. The van der Waals surface area contributed by atoms with Crippen LogP contribution in [0.25, 0.3) is 0 Å². The molecule has 0 saturated carbocycles. The van der Waals surface area contributed by atoms with Crippen molar-refractivity contribution in [1.29, 1.82) is 0 Å². The van der Waals surface area contributed by atoms with Gasteiger partial charge in [-0.3, -0.25) is 0 Å². The molecule has 2 rings (SSSR count). The normalized spacial score (nSPS) is 16.7. The van der Waals surface area contributed by atoms with Crippen LogP contribution in [0.1, 0.15) is 51.5 Å². The van der Waals surface area contributed by atoms with Gasteiger partial charge in [-0.05, 0) is 61.6 Å². The Bertz CT molecular complexity index is 462. The maximum Gasteiger partial charge on any atom is 0.170 e. The van der Waals surface area contributed by atoms with Gasteiger partial charge in [0.05, 0.1) is 0 Å². The van der Waals surface area contributed by atoms with Crippen LogP contribution < -0.4 is 10.6 Å². The van der Waals surface area contributed by atoms with E-state index in [9.17, 15) is 0 Å². The molecule has 0 unspecified atom stereocenters. The molecule has 0 bridgehead atoms. The minimum Gasteiger partial charge on any atom is -0.360 e. The van der Waals surface area contributed by atoms with E-state index < -0.39 is 0 Å². The van der Waals surface area contributed by atoms with E-state index in [4.69, 9.17) is 12.2 Å². The lowest BCUT2D eigenvalue weighted by molar-refractivity contribution is 0.207. The zero-order chi connectivity index (χ0) is 15.9. The topological polar surface area (TPSA) is 27.3 Å². The van der Waals surface area contributed by atoms with E-state index in [0.717, 1.165) is 10.8 Å². The molecular weight excluding hydrogens is 290 g/mol. The third-order valence-electron chi connectivity index (χ3n) is 4.30. The van der Waals surface area contributed by atoms with E-state index in [1.165, 1.54) is 44.5 Å². The fourth-order valence-corrected chi connectivity index (χ4v) is 3.21. The SMILES string of the molecule is CCCN1CCC(NC(=S)Nc2ccc(C(C)C)cc2)CC1. The molecule has 1 fully saturated rings. The molecule has 0 radical (unpaired) electrons. The molecule has 1 aromatic rings. The first-order valence-electron chi connectivity index (χ1n) is 8.48. The number of nitrogens with one attached hydrogen (secondary N) is 2. The fraction of sp³-hybridized carbons (Fsp3) is 0.611. The molecular formula is C18H29N3S. The number of nitrogens with zero attached hydrogens (tertiary/aromatic N) is 1. The average Bonchev–Trinajstić information content (AvgIpc) is 2.50. The maximum atomic E-state index is 5.45. The van der Waals surface area contributed by atoms with Crippen molar-refractivity contribution in [3.8, 4) is 0 Å². The van der Waals surface area contributed by atoms with Crippen LogP contribution in [-0.2, 0) is 0 Å². The van der Waals surface area contributed by atoms with E-state index in [1.807, 2.05) is 0 Å². The third-order valence-corrected chi connectivity index (χ3v) is 4.52. The van der Waals surface area contributed by atoms with Crippen LogP contribution in [0.15, 0.2) is 24.3 Å². The quantitative estimate of drug-likeness (QED) is 0.803. The minimum absolute atomic E-state index is 0.503. The van der Waals surface area contributed by atoms with Gasteiger partial charge in [-0.25, -0.2) is 0 Å². The van der Waals surface area contributed by atoms with Crippen molar-refractivity contribution in [2.75, 3.05) is 25.0 Å². The Hall–Kier alpha value is -1.13. The van der Waals surface area contributed by atoms with Crippen molar-refractivity contribution in [1.82, 2.24) is 10.2 Å². The Balaban J connectivity index is 1.76. The highest BCUT2D eigenvalue weighted by Crippen LogP contribution is 2.17. The summed E-state index contributed by atoms with van der Waals surface area (Å²) in [6.45, 7) is 10.2. The lowest BCUT2D eigenvalue weighted by atomic mass is 10.0. The zero-order valence-corrected chi connectivity index (χ0v) is 14.9. The monoisotopic (exact) mass is 319 g/mol. The summed E-state index contributed by atoms with van der Waals surface area (Å²) in [5.74, 6) is 0.562. The van der Waals surface area contributed by atoms with Gasteiger partial charge in [0, 0.05) is 24.8 Å². The smallest absolute Gasteiger partial charge is 0.170 e. The molecule has 0 amide bonds. The summed E-state index contributed by atoms with van der Waals surface area (Å²) in [6.07, 6.45) is 3.59. The second kappa shape index (κ2) is 8.49. The first-order valence-corrected chi connectivity index (χ1v) is 8.89. The number of hydrogen-bond donors (Lipinski definition) is 2. The van der Waals surface area contributed by atoms with Gasteiger partial charge in [0.1, 0.15) is 0 Å². The highest BCUT2D eigenvalue weighted by atomic mass is 32.1. The Labute approximate surface area is 140 Å². The number of anilines is 1. The first kappa shape index (κ1) is 17.2. The van der Waals surface area contributed by atoms with Crippen molar-refractivity contribution < 1.29 is 0 Å². The predicted octanol–water partition coefficient (Wildman–Crippen LogP) is 3.97. The number of rotatable bonds is 5. The molecule has 4 heteroatoms. The molecule has 3 nitrogen and oxygen atoms in total. The summed E-state index contributed by atoms with van der Waals surface area (Å²) in [5.41, 5.74) is 2.41. The predicted molar refractivity (Wildman–Crippen MR) is 99.6 cm³/mol. The largest absolute Gasteiger partial charge is 0.360 e. The van der Waals surface area contributed by atoms with Crippen LogP contribution in [0.5, 0.6) is 0 Å². The number of piperidine rings is 1. The van der Waals surface area contributed by atoms with Crippen molar-refractivity contribution in [3.05, 3.63) is 29.8 Å². The van der Waals surface area contributed by atoms with Crippen molar-refractivity contribution in [3.63, 3.8) is 0 Å². The molecule has 1 aliphatic rings. The molecule has 2 N–H and O–H groups in total. The lowest BCUT2D eigenvalue weighted by Gasteiger charge is -2.32. The molecule has 1 aliphatic heterocycles. The summed E-state index contributed by atoms with van der Waals surface area (Å²) in [7, 11) is 0. The summed E-state index contributed by atoms with van der Waals surface area (Å²) in [5, 5.41) is 7.50. The molecule has 0 atom stereocenters. The van der Waals surface area contributed by atoms with E-state index in [2.05, 4.69) is 60.6 Å². The Morgan fingerprint density at radius 2 is 1.86 bits per heavy atom. The van der Waals surface area contributed by atoms with Gasteiger partial charge in [-0.1, -0.05) is 32.9 Å². The van der Waals surface area contributed by atoms with Crippen molar-refractivity contribution in [2.45, 2.75) is 52.0 Å². The number of likely N-dealkylation sites (tertiary alicyclic amines) is 1. The van der Waals surface area contributed by atoms with Gasteiger partial charge < -0.3 is 15.5 Å². The second-order valence-corrected chi connectivity index (χ2v) is 6.90. The van der Waals surface area contributed by atoms with E-state index in [-0.39, 0.29) is 0 Å². The van der Waals surface area contributed by atoms with Gasteiger partial charge in [-0.2, -0.15) is 0 Å². The highest BCUT2D eigenvalue weighted by molar-refractivity contribution is 7.80. The zero-order valence-electron chi connectivity index (χ0n) is 14.1. The Morgan fingerprint density at radius 1 is 1.23 bits per heavy atom. The molecule has 0 aromatic heterocycles. The van der Waals surface area contributed by atoms with Crippen LogP contribution in [0.4, 0.5) is 5.69 Å². The second-order valence-electron chi connectivity index (χ2n) is 6.49. The first-order chi connectivity index (χ1) is 10.6. The number of benzene rings is 1. The third kappa shape index (κ3) is 5.25. The molecule has 22 heavy (non-hydrogen) atoms. The average molecular weight is 320 g/mol. The Morgan fingerprint density at radius 3 is 2.41 bits per heavy atom. The lowest BCUT2D eigenvalue weighted by Crippen LogP contribution is -2.45. The summed E-state index contributed by atoms with van der Waals surface area (Å²) in [6, 6.07) is 9.04. The fourth-order valence-electron chi connectivity index (χ4n) is 2.92. The molecule has 1 aromatic carbocycles. The van der Waals surface area contributed by atoms with Gasteiger partial charge in [0.15, 0.2) is 5.11 Å². The molecule has 0 spiro atoms. The van der Waals surface area contributed by atoms with Crippen LogP contribution >= 0.6 is 12.2 Å². The van der Waals surface area contributed by atoms with Crippen LogP contribution in [-0.4, -0.2) is 35.7 Å². The summed E-state index contributed by atoms with van der Waals surface area (Å²) >= 11 is 5.45. The maximum absolute atomic E-state index is 5.45. The van der Waals surface area contributed by atoms with Gasteiger partial charge >= 0.3 is 0 Å². The number of thiocarbonyl (C=S) groups is 1. The van der Waals surface area contributed by atoms with Crippen LogP contribution in [0.3, 0.4) is 0 Å². The van der Waals surface area contributed by atoms with Gasteiger partial charge in [-0.15, -0.1) is 0 Å².